The van der Waals surface area contributed by atoms with Gasteiger partial charge in [-0.2, -0.15) is 0 Å². The van der Waals surface area contributed by atoms with E-state index in [2.05, 4.69) is 15.6 Å². The molecule has 0 atom stereocenters. The number of phenols is 1. The molecule has 1 aliphatic heterocycles. The summed E-state index contributed by atoms with van der Waals surface area (Å²) < 4.78 is 7.51. The van der Waals surface area contributed by atoms with Gasteiger partial charge in [-0.1, -0.05) is 11.3 Å². The maximum Gasteiger partial charge on any atom is 0.336 e. The molecule has 1 aromatic heterocycles. The van der Waals surface area contributed by atoms with Crippen molar-refractivity contribution in [2.75, 3.05) is 0 Å². The van der Waals surface area contributed by atoms with Gasteiger partial charge >= 0.3 is 5.97 Å². The number of amides is 1. The quantitative estimate of drug-likeness (QED) is 0.297. The standard InChI is InChI=1S/C27H22N4O6/c1-14(2)31-13-16(29-30-31)12-28-26(34)15-3-6-19(22(9-15)27(35)36)25-20-7-4-17(32)10-23(20)37-24-11-18(33)5-8-21(24)25/h3-11,13-14,32H,12H2,1-2H3,(H,28,34)(H,35,36). The number of carbonyl (C=O) groups excluding carboxylic acids is 1. The Labute approximate surface area is 210 Å². The van der Waals surface area contributed by atoms with Crippen molar-refractivity contribution in [1.29, 1.82) is 0 Å². The van der Waals surface area contributed by atoms with Crippen LogP contribution in [0.2, 0.25) is 0 Å². The average molecular weight is 498 g/mol. The number of phenolic OH excluding ortho intramolecular Hbond substituents is 1. The van der Waals surface area contributed by atoms with Crippen molar-refractivity contribution < 1.29 is 24.2 Å². The van der Waals surface area contributed by atoms with Crippen molar-refractivity contribution in [3.05, 3.63) is 87.8 Å². The Morgan fingerprint density at radius 2 is 1.84 bits per heavy atom. The second-order valence-electron chi connectivity index (χ2n) is 8.85. The molecule has 186 valence electrons. The minimum absolute atomic E-state index is 0.0428. The lowest BCUT2D eigenvalue weighted by Crippen LogP contribution is -2.23. The Morgan fingerprint density at radius 3 is 2.57 bits per heavy atom. The average Bonchev–Trinajstić information content (AvgIpc) is 3.35. The molecule has 2 aromatic carbocycles. The number of nitrogens with one attached hydrogen (secondary N) is 1. The van der Waals surface area contributed by atoms with Crippen molar-refractivity contribution in [1.82, 2.24) is 20.3 Å². The molecule has 10 heteroatoms. The summed E-state index contributed by atoms with van der Waals surface area (Å²) in [6, 6.07) is 13.2. The van der Waals surface area contributed by atoms with Gasteiger partial charge < -0.3 is 19.9 Å². The fraction of sp³-hybridized carbons (Fsp3) is 0.148. The summed E-state index contributed by atoms with van der Waals surface area (Å²) in [5, 5.41) is 31.3. The first-order valence-electron chi connectivity index (χ1n) is 11.5. The molecule has 0 fully saturated rings. The van der Waals surface area contributed by atoms with Crippen LogP contribution in [-0.4, -0.2) is 37.1 Å². The third kappa shape index (κ3) is 4.52. The number of carboxylic acids is 1. The fourth-order valence-electron chi connectivity index (χ4n) is 4.15. The highest BCUT2D eigenvalue weighted by Gasteiger charge is 2.23. The number of hydrogen-bond acceptors (Lipinski definition) is 7. The molecule has 1 aliphatic carbocycles. The summed E-state index contributed by atoms with van der Waals surface area (Å²) in [7, 11) is 0. The van der Waals surface area contributed by atoms with Crippen LogP contribution in [0, 0.1) is 0 Å². The van der Waals surface area contributed by atoms with E-state index in [1.54, 1.807) is 29.1 Å². The lowest BCUT2D eigenvalue weighted by atomic mass is 9.90. The van der Waals surface area contributed by atoms with Gasteiger partial charge in [0.1, 0.15) is 22.8 Å². The molecular formula is C27H22N4O6. The topological polar surface area (TPSA) is 148 Å². The van der Waals surface area contributed by atoms with Gasteiger partial charge in [0.2, 0.25) is 0 Å². The molecule has 1 amide bonds. The first-order chi connectivity index (χ1) is 17.7. The van der Waals surface area contributed by atoms with Crippen LogP contribution in [0.1, 0.15) is 46.3 Å². The van der Waals surface area contributed by atoms with E-state index >= 15 is 0 Å². The summed E-state index contributed by atoms with van der Waals surface area (Å²) >= 11 is 0. The third-order valence-corrected chi connectivity index (χ3v) is 5.98. The zero-order valence-corrected chi connectivity index (χ0v) is 19.9. The largest absolute Gasteiger partial charge is 0.508 e. The van der Waals surface area contributed by atoms with E-state index < -0.39 is 11.9 Å². The number of hydrogen-bond donors (Lipinski definition) is 3. The lowest BCUT2D eigenvalue weighted by Gasteiger charge is -2.17. The van der Waals surface area contributed by atoms with Gasteiger partial charge in [-0.05, 0) is 55.8 Å². The first kappa shape index (κ1) is 23.7. The Morgan fingerprint density at radius 1 is 1.05 bits per heavy atom. The molecule has 5 rings (SSSR count). The molecule has 37 heavy (non-hydrogen) atoms. The van der Waals surface area contributed by atoms with Gasteiger partial charge in [0.05, 0.1) is 18.3 Å². The Balaban J connectivity index is 1.58. The Hall–Kier alpha value is -4.99. The number of rotatable bonds is 6. The number of benzene rings is 3. The summed E-state index contributed by atoms with van der Waals surface area (Å²) in [6.07, 6.45) is 1.73. The zero-order chi connectivity index (χ0) is 26.3. The van der Waals surface area contributed by atoms with Crippen molar-refractivity contribution >= 4 is 22.8 Å². The minimum atomic E-state index is -1.23. The summed E-state index contributed by atoms with van der Waals surface area (Å²) in [6.45, 7) is 4.05. The predicted molar refractivity (Wildman–Crippen MR) is 135 cm³/mol. The van der Waals surface area contributed by atoms with Crippen LogP contribution in [0.25, 0.3) is 33.4 Å². The van der Waals surface area contributed by atoms with Crippen molar-refractivity contribution in [2.24, 2.45) is 0 Å². The van der Waals surface area contributed by atoms with E-state index in [9.17, 15) is 24.6 Å². The smallest absolute Gasteiger partial charge is 0.336 e. The zero-order valence-electron chi connectivity index (χ0n) is 19.9. The van der Waals surface area contributed by atoms with E-state index in [0.717, 1.165) is 0 Å². The van der Waals surface area contributed by atoms with Gasteiger partial charge in [0.25, 0.3) is 5.91 Å². The van der Waals surface area contributed by atoms with Crippen LogP contribution in [0.5, 0.6) is 5.75 Å². The maximum atomic E-state index is 12.8. The number of fused-ring (bicyclic) bond motifs is 2. The van der Waals surface area contributed by atoms with Gasteiger partial charge in [-0.3, -0.25) is 9.59 Å². The van der Waals surface area contributed by atoms with Crippen LogP contribution >= 0.6 is 0 Å². The molecule has 3 aromatic rings. The Kier molecular flexibility index (Phi) is 5.92. The Bertz CT molecular complexity index is 1700. The third-order valence-electron chi connectivity index (χ3n) is 5.98. The van der Waals surface area contributed by atoms with Gasteiger partial charge in [0, 0.05) is 40.3 Å². The SMILES string of the molecule is CC(C)n1cc(CNC(=O)c2ccc(-c3c4ccc(=O)cc-4oc4cc(O)ccc34)c(C(=O)O)c2)nn1. The number of aromatic nitrogens is 3. The van der Waals surface area contributed by atoms with E-state index in [-0.39, 0.29) is 46.2 Å². The number of aromatic carboxylic acids is 1. The van der Waals surface area contributed by atoms with E-state index in [4.69, 9.17) is 4.42 Å². The molecule has 2 heterocycles. The molecule has 3 N–H and O–H groups in total. The fourth-order valence-corrected chi connectivity index (χ4v) is 4.15. The molecular weight excluding hydrogens is 476 g/mol. The molecule has 0 bridgehead atoms. The normalized spacial score (nSPS) is 11.3. The number of carboxylic acid groups (broad SMARTS) is 1. The monoisotopic (exact) mass is 498 g/mol. The molecule has 0 saturated carbocycles. The van der Waals surface area contributed by atoms with E-state index in [1.807, 2.05) is 13.8 Å². The minimum Gasteiger partial charge on any atom is -0.508 e. The van der Waals surface area contributed by atoms with Crippen molar-refractivity contribution in [2.45, 2.75) is 26.4 Å². The van der Waals surface area contributed by atoms with Crippen LogP contribution in [0.15, 0.2) is 70.0 Å². The van der Waals surface area contributed by atoms with Crippen LogP contribution in [-0.2, 0) is 6.54 Å². The van der Waals surface area contributed by atoms with Crippen molar-refractivity contribution in [3.8, 4) is 28.2 Å². The molecule has 0 saturated heterocycles. The van der Waals surface area contributed by atoms with Gasteiger partial charge in [-0.25, -0.2) is 9.48 Å². The van der Waals surface area contributed by atoms with Crippen LogP contribution in [0.4, 0.5) is 0 Å². The van der Waals surface area contributed by atoms with Gasteiger partial charge in [-0.15, -0.1) is 5.10 Å². The maximum absolute atomic E-state index is 12.8. The number of nitrogens with zero attached hydrogens (tertiary/aromatic N) is 3. The second kappa shape index (κ2) is 9.23. The highest BCUT2D eigenvalue weighted by atomic mass is 16.4. The van der Waals surface area contributed by atoms with E-state index in [0.29, 0.717) is 27.8 Å². The predicted octanol–water partition coefficient (Wildman–Crippen LogP) is 4.07. The summed E-state index contributed by atoms with van der Waals surface area (Å²) in [5.41, 5.74) is 1.98. The molecule has 10 nitrogen and oxygen atoms in total. The number of aromatic hydroxyl groups is 1. The highest BCUT2D eigenvalue weighted by molar-refractivity contribution is 6.09. The van der Waals surface area contributed by atoms with Crippen LogP contribution in [0.3, 0.4) is 0 Å². The highest BCUT2D eigenvalue weighted by Crippen LogP contribution is 2.42. The lowest BCUT2D eigenvalue weighted by molar-refractivity contribution is 0.0697. The first-order valence-corrected chi connectivity index (χ1v) is 11.5. The van der Waals surface area contributed by atoms with Crippen molar-refractivity contribution in [3.63, 3.8) is 0 Å². The van der Waals surface area contributed by atoms with Gasteiger partial charge in [0.15, 0.2) is 5.43 Å². The molecule has 0 unspecified atom stereocenters. The summed E-state index contributed by atoms with van der Waals surface area (Å²) in [5.74, 6) is -1.50. The van der Waals surface area contributed by atoms with E-state index in [1.165, 1.54) is 36.4 Å². The molecule has 2 aliphatic rings. The molecule has 0 radical (unpaired) electrons. The van der Waals surface area contributed by atoms with Crippen LogP contribution < -0.4 is 10.7 Å². The summed E-state index contributed by atoms with van der Waals surface area (Å²) in [4.78, 5) is 37.1. The molecule has 0 spiro atoms. The second-order valence-corrected chi connectivity index (χ2v) is 8.85. The number of carbonyl (C=O) groups is 2.